The van der Waals surface area contributed by atoms with E-state index in [-0.39, 0.29) is 12.3 Å². The molecule has 1 fully saturated rings. The average Bonchev–Trinajstić information content (AvgIpc) is 3.20. The lowest BCUT2D eigenvalue weighted by atomic mass is 9.86. The number of hydrazone groups is 1. The summed E-state index contributed by atoms with van der Waals surface area (Å²) in [4.78, 5) is 0. The zero-order valence-corrected chi connectivity index (χ0v) is 16.5. The molecule has 2 heterocycles. The van der Waals surface area contributed by atoms with Crippen LogP contribution in [0.4, 0.5) is 0 Å². The Morgan fingerprint density at radius 1 is 1.04 bits per heavy atom. The molecule has 2 atom stereocenters. The van der Waals surface area contributed by atoms with Gasteiger partial charge in [-0.1, -0.05) is 37.5 Å². The Hall–Kier alpha value is -2.49. The van der Waals surface area contributed by atoms with Crippen LogP contribution < -0.4 is 9.47 Å². The van der Waals surface area contributed by atoms with Crippen LogP contribution in [0.15, 0.2) is 53.6 Å². The summed E-state index contributed by atoms with van der Waals surface area (Å²) in [6.07, 6.45) is 7.43. The molecule has 28 heavy (non-hydrogen) atoms. The fourth-order valence-corrected chi connectivity index (χ4v) is 4.88. The van der Waals surface area contributed by atoms with Gasteiger partial charge in [0, 0.05) is 17.9 Å². The molecule has 2 aromatic rings. The summed E-state index contributed by atoms with van der Waals surface area (Å²) in [6.45, 7) is 2.70. The quantitative estimate of drug-likeness (QED) is 0.703. The normalized spacial score (nSPS) is 24.2. The summed E-state index contributed by atoms with van der Waals surface area (Å²) in [7, 11) is 0. The van der Waals surface area contributed by atoms with Gasteiger partial charge in [0.2, 0.25) is 0 Å². The van der Waals surface area contributed by atoms with Gasteiger partial charge in [0.05, 0.1) is 18.4 Å². The molecule has 2 aliphatic heterocycles. The summed E-state index contributed by atoms with van der Waals surface area (Å²) in [5, 5.41) is 7.36. The lowest BCUT2D eigenvalue weighted by molar-refractivity contribution is -0.0643. The molecule has 4 heteroatoms. The molecule has 0 amide bonds. The monoisotopic (exact) mass is 376 g/mol. The molecular formula is C24H28N2O2. The molecule has 0 unspecified atom stereocenters. The zero-order valence-electron chi connectivity index (χ0n) is 16.5. The Bertz CT molecular complexity index is 855. The number of hydrogen-bond donors (Lipinski definition) is 0. The van der Waals surface area contributed by atoms with Crippen LogP contribution in [0, 0.1) is 5.92 Å². The molecule has 2 aromatic carbocycles. The first-order valence-electron chi connectivity index (χ1n) is 10.7. The highest BCUT2D eigenvalue weighted by atomic mass is 16.5. The van der Waals surface area contributed by atoms with Crippen LogP contribution in [0.3, 0.4) is 0 Å². The fourth-order valence-electron chi connectivity index (χ4n) is 4.88. The number of benzene rings is 2. The van der Waals surface area contributed by atoms with Gasteiger partial charge in [0.15, 0.2) is 6.23 Å². The number of fused-ring (bicyclic) bond motifs is 3. The second-order valence-electron chi connectivity index (χ2n) is 8.05. The van der Waals surface area contributed by atoms with Crippen LogP contribution in [-0.2, 0) is 0 Å². The van der Waals surface area contributed by atoms with E-state index in [0.717, 1.165) is 23.6 Å². The third-order valence-electron chi connectivity index (χ3n) is 6.28. The predicted molar refractivity (Wildman–Crippen MR) is 111 cm³/mol. The van der Waals surface area contributed by atoms with Gasteiger partial charge in [-0.05, 0) is 55.7 Å². The van der Waals surface area contributed by atoms with E-state index in [1.54, 1.807) is 0 Å². The highest BCUT2D eigenvalue weighted by Gasteiger charge is 2.43. The molecule has 0 N–H and O–H groups in total. The van der Waals surface area contributed by atoms with Crippen molar-refractivity contribution in [2.24, 2.45) is 11.0 Å². The molecule has 146 valence electrons. The zero-order chi connectivity index (χ0) is 18.9. The topological polar surface area (TPSA) is 34.1 Å². The number of ether oxygens (including phenoxy) is 2. The molecule has 0 spiro atoms. The minimum absolute atomic E-state index is 0.0559. The van der Waals surface area contributed by atoms with Crippen molar-refractivity contribution in [3.8, 4) is 11.5 Å². The van der Waals surface area contributed by atoms with Crippen LogP contribution in [0.2, 0.25) is 0 Å². The predicted octanol–water partition coefficient (Wildman–Crippen LogP) is 5.54. The van der Waals surface area contributed by atoms with Crippen LogP contribution in [-0.4, -0.2) is 23.6 Å². The van der Waals surface area contributed by atoms with Crippen LogP contribution >= 0.6 is 0 Å². The van der Waals surface area contributed by atoms with Crippen LogP contribution in [0.1, 0.15) is 62.6 Å². The Morgan fingerprint density at radius 2 is 1.82 bits per heavy atom. The smallest absolute Gasteiger partial charge is 0.190 e. The van der Waals surface area contributed by atoms with Gasteiger partial charge in [-0.25, -0.2) is 5.01 Å². The van der Waals surface area contributed by atoms with E-state index in [1.807, 2.05) is 19.1 Å². The second-order valence-corrected chi connectivity index (χ2v) is 8.05. The van der Waals surface area contributed by atoms with Crippen LogP contribution in [0.5, 0.6) is 11.5 Å². The fraction of sp³-hybridized carbons (Fsp3) is 0.458. The largest absolute Gasteiger partial charge is 0.494 e. The molecule has 0 aromatic heterocycles. The van der Waals surface area contributed by atoms with E-state index in [2.05, 4.69) is 41.4 Å². The third kappa shape index (κ3) is 3.15. The lowest BCUT2D eigenvalue weighted by Gasteiger charge is -2.42. The molecular weight excluding hydrogens is 348 g/mol. The molecule has 1 saturated carbocycles. The number of hydrogen-bond acceptors (Lipinski definition) is 4. The molecule has 5 rings (SSSR count). The number of para-hydroxylation sites is 1. The SMILES string of the molecule is CCOc1ccc(C2=NN3[C@H](C2)c2ccccc2O[C@H]3C2CCCCC2)cc1. The van der Waals surface area contributed by atoms with Gasteiger partial charge >= 0.3 is 0 Å². The standard InChI is InChI=1S/C24H28N2O2/c1-2-27-19-14-12-17(13-15-19)21-16-22-20-10-6-7-11-23(20)28-24(26(22)25-21)18-8-4-3-5-9-18/h6-7,10-15,18,22,24H,2-5,8-9,16H2,1H3/t22-,24+/m1/s1. The maximum Gasteiger partial charge on any atom is 0.190 e. The van der Waals surface area contributed by atoms with E-state index in [0.29, 0.717) is 12.5 Å². The Labute approximate surface area is 167 Å². The second kappa shape index (κ2) is 7.50. The summed E-state index contributed by atoms with van der Waals surface area (Å²) < 4.78 is 12.1. The minimum Gasteiger partial charge on any atom is -0.494 e. The Balaban J connectivity index is 1.47. The van der Waals surface area contributed by atoms with Crippen molar-refractivity contribution in [1.82, 2.24) is 5.01 Å². The summed E-state index contributed by atoms with van der Waals surface area (Å²) in [5.41, 5.74) is 3.59. The van der Waals surface area contributed by atoms with Crippen molar-refractivity contribution in [3.05, 3.63) is 59.7 Å². The lowest BCUT2D eigenvalue weighted by Crippen LogP contribution is -2.45. The van der Waals surface area contributed by atoms with Crippen molar-refractivity contribution in [2.45, 2.75) is 57.7 Å². The van der Waals surface area contributed by atoms with E-state index < -0.39 is 0 Å². The van der Waals surface area contributed by atoms with E-state index >= 15 is 0 Å². The van der Waals surface area contributed by atoms with Crippen LogP contribution in [0.25, 0.3) is 0 Å². The van der Waals surface area contributed by atoms with E-state index in [1.165, 1.54) is 43.2 Å². The van der Waals surface area contributed by atoms with E-state index in [9.17, 15) is 0 Å². The van der Waals surface area contributed by atoms with Gasteiger partial charge in [0.25, 0.3) is 0 Å². The molecule has 3 aliphatic rings. The van der Waals surface area contributed by atoms with Gasteiger partial charge < -0.3 is 9.47 Å². The third-order valence-corrected chi connectivity index (χ3v) is 6.28. The number of nitrogens with zero attached hydrogens (tertiary/aromatic N) is 2. The van der Waals surface area contributed by atoms with Crippen molar-refractivity contribution in [1.29, 1.82) is 0 Å². The number of rotatable bonds is 4. The summed E-state index contributed by atoms with van der Waals surface area (Å²) in [5.74, 6) is 2.52. The van der Waals surface area contributed by atoms with E-state index in [4.69, 9.17) is 14.6 Å². The molecule has 0 saturated heterocycles. The maximum atomic E-state index is 6.52. The first-order chi connectivity index (χ1) is 13.8. The van der Waals surface area contributed by atoms with Gasteiger partial charge in [-0.3, -0.25) is 0 Å². The minimum atomic E-state index is 0.0559. The summed E-state index contributed by atoms with van der Waals surface area (Å²) >= 11 is 0. The van der Waals surface area contributed by atoms with Gasteiger partial charge in [-0.2, -0.15) is 5.10 Å². The summed E-state index contributed by atoms with van der Waals surface area (Å²) in [6, 6.07) is 17.1. The van der Waals surface area contributed by atoms with Gasteiger partial charge in [-0.15, -0.1) is 0 Å². The van der Waals surface area contributed by atoms with Crippen molar-refractivity contribution in [2.75, 3.05) is 6.61 Å². The highest BCUT2D eigenvalue weighted by molar-refractivity contribution is 6.02. The molecule has 1 aliphatic carbocycles. The highest BCUT2D eigenvalue weighted by Crippen LogP contribution is 2.46. The molecule has 0 bridgehead atoms. The molecule has 0 radical (unpaired) electrons. The Kier molecular flexibility index (Phi) is 4.71. The van der Waals surface area contributed by atoms with Crippen molar-refractivity contribution >= 4 is 5.71 Å². The first-order valence-corrected chi connectivity index (χ1v) is 10.7. The van der Waals surface area contributed by atoms with Crippen molar-refractivity contribution < 1.29 is 9.47 Å². The maximum absolute atomic E-state index is 6.52. The average molecular weight is 377 g/mol. The van der Waals surface area contributed by atoms with Gasteiger partial charge in [0.1, 0.15) is 11.5 Å². The van der Waals surface area contributed by atoms with Crippen molar-refractivity contribution in [3.63, 3.8) is 0 Å². The molecule has 4 nitrogen and oxygen atoms in total. The first kappa shape index (κ1) is 17.6. The Morgan fingerprint density at radius 3 is 2.61 bits per heavy atom.